The van der Waals surface area contributed by atoms with Gasteiger partial charge in [-0.2, -0.15) is 0 Å². The van der Waals surface area contributed by atoms with Crippen molar-refractivity contribution in [3.05, 3.63) is 54.4 Å². The quantitative estimate of drug-likeness (QED) is 0.916. The molecule has 2 aromatic rings. The van der Waals surface area contributed by atoms with Gasteiger partial charge in [-0.15, -0.1) is 0 Å². The zero-order chi connectivity index (χ0) is 18.3. The molecule has 1 aliphatic carbocycles. The third kappa shape index (κ3) is 2.72. The molecular weight excluding hydrogens is 332 g/mol. The molecule has 0 radical (unpaired) electrons. The number of rotatable bonds is 4. The zero-order valence-electron chi connectivity index (χ0n) is 14.5. The number of pyridine rings is 1. The van der Waals surface area contributed by atoms with Gasteiger partial charge in [0.2, 0.25) is 0 Å². The SMILES string of the molecule is C=C1c2ncccc2C(=O)N1c1ccc(OC)c(OC2CCC(O)C2)c1. The summed E-state index contributed by atoms with van der Waals surface area (Å²) in [6.07, 6.45) is 3.38. The van der Waals surface area contributed by atoms with E-state index < -0.39 is 0 Å². The highest BCUT2D eigenvalue weighted by atomic mass is 16.5. The van der Waals surface area contributed by atoms with E-state index >= 15 is 0 Å². The molecule has 1 fully saturated rings. The number of fused-ring (bicyclic) bond motifs is 1. The summed E-state index contributed by atoms with van der Waals surface area (Å²) >= 11 is 0. The Morgan fingerprint density at radius 2 is 2.12 bits per heavy atom. The van der Waals surface area contributed by atoms with Crippen LogP contribution in [0.15, 0.2) is 43.1 Å². The van der Waals surface area contributed by atoms with Crippen molar-refractivity contribution in [3.63, 3.8) is 0 Å². The van der Waals surface area contributed by atoms with Crippen molar-refractivity contribution in [2.45, 2.75) is 31.5 Å². The lowest BCUT2D eigenvalue weighted by Gasteiger charge is -2.21. The molecule has 1 N–H and O–H groups in total. The van der Waals surface area contributed by atoms with E-state index in [1.54, 1.807) is 43.6 Å². The minimum atomic E-state index is -0.324. The second kappa shape index (κ2) is 6.46. The summed E-state index contributed by atoms with van der Waals surface area (Å²) in [5.41, 5.74) is 2.31. The first-order valence-corrected chi connectivity index (χ1v) is 8.60. The lowest BCUT2D eigenvalue weighted by atomic mass is 10.2. The van der Waals surface area contributed by atoms with Crippen LogP contribution in [0.25, 0.3) is 5.70 Å². The fraction of sp³-hybridized carbons (Fsp3) is 0.300. The molecule has 1 aliphatic heterocycles. The van der Waals surface area contributed by atoms with Crippen LogP contribution in [0.2, 0.25) is 0 Å². The van der Waals surface area contributed by atoms with Gasteiger partial charge in [-0.3, -0.25) is 14.7 Å². The number of hydrogen-bond acceptors (Lipinski definition) is 5. The molecule has 26 heavy (non-hydrogen) atoms. The zero-order valence-corrected chi connectivity index (χ0v) is 14.5. The molecule has 6 heteroatoms. The van der Waals surface area contributed by atoms with Gasteiger partial charge in [0, 0.05) is 18.7 Å². The maximum atomic E-state index is 12.8. The molecule has 2 unspecified atom stereocenters. The van der Waals surface area contributed by atoms with Crippen molar-refractivity contribution in [2.75, 3.05) is 12.0 Å². The van der Waals surface area contributed by atoms with Gasteiger partial charge >= 0.3 is 0 Å². The van der Waals surface area contributed by atoms with Crippen molar-refractivity contribution in [2.24, 2.45) is 0 Å². The highest BCUT2D eigenvalue weighted by Gasteiger charge is 2.34. The molecule has 6 nitrogen and oxygen atoms in total. The Labute approximate surface area is 151 Å². The first-order valence-electron chi connectivity index (χ1n) is 8.60. The van der Waals surface area contributed by atoms with Crippen LogP contribution in [0, 0.1) is 0 Å². The minimum Gasteiger partial charge on any atom is -0.493 e. The van der Waals surface area contributed by atoms with Crippen LogP contribution >= 0.6 is 0 Å². The second-order valence-electron chi connectivity index (χ2n) is 6.53. The molecule has 2 atom stereocenters. The molecule has 1 aromatic carbocycles. The fourth-order valence-electron chi connectivity index (χ4n) is 3.53. The monoisotopic (exact) mass is 352 g/mol. The predicted octanol–water partition coefficient (Wildman–Crippen LogP) is 3.01. The van der Waals surface area contributed by atoms with Crippen molar-refractivity contribution in [1.82, 2.24) is 4.98 Å². The molecule has 1 amide bonds. The Morgan fingerprint density at radius 3 is 2.81 bits per heavy atom. The van der Waals surface area contributed by atoms with Crippen molar-refractivity contribution < 1.29 is 19.4 Å². The normalized spacial score (nSPS) is 21.8. The lowest BCUT2D eigenvalue weighted by Crippen LogP contribution is -2.22. The summed E-state index contributed by atoms with van der Waals surface area (Å²) in [5.74, 6) is 0.974. The third-order valence-electron chi connectivity index (χ3n) is 4.84. The number of carbonyl (C=O) groups is 1. The van der Waals surface area contributed by atoms with E-state index in [1.807, 2.05) is 0 Å². The topological polar surface area (TPSA) is 71.9 Å². The van der Waals surface area contributed by atoms with Gasteiger partial charge < -0.3 is 14.6 Å². The van der Waals surface area contributed by atoms with E-state index in [4.69, 9.17) is 9.47 Å². The smallest absolute Gasteiger partial charge is 0.265 e. The number of benzene rings is 1. The molecule has 0 spiro atoms. The maximum Gasteiger partial charge on any atom is 0.265 e. The number of ether oxygens (including phenoxy) is 2. The van der Waals surface area contributed by atoms with Crippen molar-refractivity contribution in [3.8, 4) is 11.5 Å². The molecule has 0 saturated heterocycles. The van der Waals surface area contributed by atoms with E-state index in [-0.39, 0.29) is 18.1 Å². The van der Waals surface area contributed by atoms with Crippen molar-refractivity contribution >= 4 is 17.3 Å². The number of aliphatic hydroxyl groups excluding tert-OH is 1. The van der Waals surface area contributed by atoms with Crippen molar-refractivity contribution in [1.29, 1.82) is 0 Å². The number of amides is 1. The summed E-state index contributed by atoms with van der Waals surface area (Å²) in [5, 5.41) is 9.72. The average Bonchev–Trinajstić information content (AvgIpc) is 3.17. The molecule has 2 aliphatic rings. The highest BCUT2D eigenvalue weighted by Crippen LogP contribution is 2.39. The molecule has 4 rings (SSSR count). The summed E-state index contributed by atoms with van der Waals surface area (Å²) in [6.45, 7) is 4.03. The van der Waals surface area contributed by atoms with Gasteiger partial charge in [0.25, 0.3) is 5.91 Å². The predicted molar refractivity (Wildman–Crippen MR) is 97.3 cm³/mol. The van der Waals surface area contributed by atoms with E-state index in [0.29, 0.717) is 40.6 Å². The molecule has 2 heterocycles. The first-order chi connectivity index (χ1) is 12.6. The largest absolute Gasteiger partial charge is 0.493 e. The van der Waals surface area contributed by atoms with Gasteiger partial charge in [0.05, 0.1) is 35.9 Å². The second-order valence-corrected chi connectivity index (χ2v) is 6.53. The molecule has 1 aromatic heterocycles. The Hall–Kier alpha value is -2.86. The van der Waals surface area contributed by atoms with E-state index in [1.165, 1.54) is 4.90 Å². The van der Waals surface area contributed by atoms with E-state index in [9.17, 15) is 9.90 Å². The number of hydrogen-bond donors (Lipinski definition) is 1. The van der Waals surface area contributed by atoms with Crippen LogP contribution in [0.5, 0.6) is 11.5 Å². The van der Waals surface area contributed by atoms with Crippen LogP contribution < -0.4 is 14.4 Å². The molecular formula is C20H20N2O4. The van der Waals surface area contributed by atoms with Gasteiger partial charge in [-0.1, -0.05) is 6.58 Å². The van der Waals surface area contributed by atoms with Gasteiger partial charge in [0.15, 0.2) is 11.5 Å². The van der Waals surface area contributed by atoms with E-state index in [2.05, 4.69) is 11.6 Å². The Morgan fingerprint density at radius 1 is 1.27 bits per heavy atom. The van der Waals surface area contributed by atoms with Gasteiger partial charge in [-0.25, -0.2) is 0 Å². The highest BCUT2D eigenvalue weighted by molar-refractivity contribution is 6.21. The Balaban J connectivity index is 1.67. The van der Waals surface area contributed by atoms with Crippen LogP contribution in [-0.2, 0) is 0 Å². The number of anilines is 1. The number of carbonyl (C=O) groups excluding carboxylic acids is 1. The molecule has 0 bridgehead atoms. The third-order valence-corrected chi connectivity index (χ3v) is 4.84. The Bertz CT molecular complexity index is 845. The van der Waals surface area contributed by atoms with Gasteiger partial charge in [-0.05, 0) is 37.1 Å². The first kappa shape index (κ1) is 16.6. The standard InChI is InChI=1S/C20H20N2O4/c1-12-19-16(4-3-9-21-19)20(24)22(12)13-5-8-17(25-2)18(10-13)26-15-7-6-14(23)11-15/h3-5,8-10,14-15,23H,1,6-7,11H2,2H3. The summed E-state index contributed by atoms with van der Waals surface area (Å²) in [4.78, 5) is 18.6. The Kier molecular flexibility index (Phi) is 4.12. The summed E-state index contributed by atoms with van der Waals surface area (Å²) < 4.78 is 11.4. The van der Waals surface area contributed by atoms with Crippen LogP contribution in [0.3, 0.4) is 0 Å². The number of nitrogens with zero attached hydrogens (tertiary/aromatic N) is 2. The van der Waals surface area contributed by atoms with Crippen LogP contribution in [0.1, 0.15) is 35.3 Å². The summed E-state index contributed by atoms with van der Waals surface area (Å²) in [6, 6.07) is 8.83. The molecule has 1 saturated carbocycles. The number of aromatic nitrogens is 1. The fourth-order valence-corrected chi connectivity index (χ4v) is 3.53. The average molecular weight is 352 g/mol. The van der Waals surface area contributed by atoms with Crippen LogP contribution in [0.4, 0.5) is 5.69 Å². The number of aliphatic hydroxyl groups is 1. The number of methoxy groups -OCH3 is 1. The van der Waals surface area contributed by atoms with Gasteiger partial charge in [0.1, 0.15) is 6.10 Å². The summed E-state index contributed by atoms with van der Waals surface area (Å²) in [7, 11) is 1.57. The lowest BCUT2D eigenvalue weighted by molar-refractivity contribution is 0.101. The minimum absolute atomic E-state index is 0.0644. The van der Waals surface area contributed by atoms with Crippen LogP contribution in [-0.4, -0.2) is 35.3 Å². The van der Waals surface area contributed by atoms with E-state index in [0.717, 1.165) is 12.8 Å². The molecule has 134 valence electrons. The maximum absolute atomic E-state index is 12.8.